The van der Waals surface area contributed by atoms with Gasteiger partial charge in [-0.1, -0.05) is 29.8 Å². The van der Waals surface area contributed by atoms with Gasteiger partial charge < -0.3 is 5.32 Å². The lowest BCUT2D eigenvalue weighted by molar-refractivity contribution is 1.17. The number of nitrogens with one attached hydrogen (secondary N) is 1. The van der Waals surface area contributed by atoms with Gasteiger partial charge in [-0.25, -0.2) is 4.98 Å². The summed E-state index contributed by atoms with van der Waals surface area (Å²) >= 11 is 7.39. The standard InChI is InChI=1S/C17H12ClN3S/c1-22-17-14(10-19)16(13-4-2-3-5-15(13)21-17)20-12-8-6-11(18)7-9-12/h2-9H,1H3,(H,20,21). The molecule has 0 atom stereocenters. The predicted molar refractivity (Wildman–Crippen MR) is 93.0 cm³/mol. The topological polar surface area (TPSA) is 48.7 Å². The van der Waals surface area contributed by atoms with E-state index in [1.165, 1.54) is 11.8 Å². The number of benzene rings is 2. The molecule has 5 heteroatoms. The maximum absolute atomic E-state index is 9.55. The normalized spacial score (nSPS) is 10.4. The van der Waals surface area contributed by atoms with Crippen molar-refractivity contribution in [3.63, 3.8) is 0 Å². The van der Waals surface area contributed by atoms with E-state index in [0.29, 0.717) is 10.6 Å². The molecule has 0 saturated heterocycles. The van der Waals surface area contributed by atoms with Gasteiger partial charge in [0.15, 0.2) is 0 Å². The number of nitrogens with zero attached hydrogens (tertiary/aromatic N) is 2. The number of anilines is 2. The molecule has 108 valence electrons. The van der Waals surface area contributed by atoms with Crippen LogP contribution in [-0.4, -0.2) is 11.2 Å². The van der Waals surface area contributed by atoms with Crippen LogP contribution in [0.15, 0.2) is 53.6 Å². The summed E-state index contributed by atoms with van der Waals surface area (Å²) in [5.41, 5.74) is 3.08. The smallest absolute Gasteiger partial charge is 0.116 e. The molecule has 0 fully saturated rings. The number of nitriles is 1. The first-order valence-electron chi connectivity index (χ1n) is 6.62. The zero-order valence-electron chi connectivity index (χ0n) is 11.8. The lowest BCUT2D eigenvalue weighted by Gasteiger charge is -2.14. The Morgan fingerprint density at radius 2 is 1.86 bits per heavy atom. The van der Waals surface area contributed by atoms with Crippen molar-refractivity contribution >= 4 is 45.6 Å². The first kappa shape index (κ1) is 14.7. The van der Waals surface area contributed by atoms with Gasteiger partial charge in [0.2, 0.25) is 0 Å². The highest BCUT2D eigenvalue weighted by molar-refractivity contribution is 7.98. The molecule has 0 radical (unpaired) electrons. The summed E-state index contributed by atoms with van der Waals surface area (Å²) in [6.07, 6.45) is 1.92. The van der Waals surface area contributed by atoms with Gasteiger partial charge >= 0.3 is 0 Å². The first-order chi connectivity index (χ1) is 10.7. The maximum atomic E-state index is 9.55. The van der Waals surface area contributed by atoms with E-state index in [9.17, 15) is 5.26 Å². The Bertz CT molecular complexity index is 869. The Labute approximate surface area is 137 Å². The van der Waals surface area contributed by atoms with Crippen LogP contribution >= 0.6 is 23.4 Å². The minimum Gasteiger partial charge on any atom is -0.354 e. The summed E-state index contributed by atoms with van der Waals surface area (Å²) in [5.74, 6) is 0. The molecule has 3 nitrogen and oxygen atoms in total. The van der Waals surface area contributed by atoms with Crippen LogP contribution in [0.25, 0.3) is 10.9 Å². The Morgan fingerprint density at radius 1 is 1.14 bits per heavy atom. The molecule has 2 aromatic carbocycles. The third kappa shape index (κ3) is 2.74. The summed E-state index contributed by atoms with van der Waals surface area (Å²) in [7, 11) is 0. The molecule has 0 aliphatic rings. The molecule has 1 heterocycles. The van der Waals surface area contributed by atoms with Crippen LogP contribution in [0.4, 0.5) is 11.4 Å². The Hall–Kier alpha value is -2.22. The number of hydrogen-bond donors (Lipinski definition) is 1. The van der Waals surface area contributed by atoms with Crippen molar-refractivity contribution in [3.05, 3.63) is 59.1 Å². The highest BCUT2D eigenvalue weighted by atomic mass is 35.5. The molecule has 1 aromatic heterocycles. The van der Waals surface area contributed by atoms with Gasteiger partial charge in [0, 0.05) is 16.1 Å². The summed E-state index contributed by atoms with van der Waals surface area (Å²) in [6.45, 7) is 0. The monoisotopic (exact) mass is 325 g/mol. The third-order valence-corrected chi connectivity index (χ3v) is 4.21. The minimum atomic E-state index is 0.557. The number of pyridine rings is 1. The van der Waals surface area contributed by atoms with Crippen molar-refractivity contribution < 1.29 is 0 Å². The second-order valence-corrected chi connectivity index (χ2v) is 5.86. The van der Waals surface area contributed by atoms with E-state index in [1.54, 1.807) is 0 Å². The van der Waals surface area contributed by atoms with Crippen LogP contribution in [0.5, 0.6) is 0 Å². The fourth-order valence-corrected chi connectivity index (χ4v) is 2.92. The number of fused-ring (bicyclic) bond motifs is 1. The van der Waals surface area contributed by atoms with Crippen LogP contribution in [0.2, 0.25) is 5.02 Å². The SMILES string of the molecule is CSc1nc2ccccc2c(Nc2ccc(Cl)cc2)c1C#N. The van der Waals surface area contributed by atoms with Gasteiger partial charge in [-0.3, -0.25) is 0 Å². The van der Waals surface area contributed by atoms with Crippen molar-refractivity contribution in [1.29, 1.82) is 5.26 Å². The second-order valence-electron chi connectivity index (χ2n) is 4.63. The summed E-state index contributed by atoms with van der Waals surface area (Å²) in [4.78, 5) is 4.56. The van der Waals surface area contributed by atoms with Crippen LogP contribution in [0.3, 0.4) is 0 Å². The Balaban J connectivity index is 2.21. The number of aromatic nitrogens is 1. The highest BCUT2D eigenvalue weighted by Crippen LogP contribution is 2.34. The third-order valence-electron chi connectivity index (χ3n) is 3.28. The van der Waals surface area contributed by atoms with Crippen LogP contribution in [-0.2, 0) is 0 Å². The molecule has 3 rings (SSSR count). The quantitative estimate of drug-likeness (QED) is 0.670. The lowest BCUT2D eigenvalue weighted by atomic mass is 10.1. The zero-order valence-corrected chi connectivity index (χ0v) is 13.4. The first-order valence-corrected chi connectivity index (χ1v) is 8.22. The summed E-state index contributed by atoms with van der Waals surface area (Å²) in [5, 5.41) is 15.2. The second kappa shape index (κ2) is 6.27. The molecule has 0 amide bonds. The molecule has 3 aromatic rings. The van der Waals surface area contributed by atoms with Crippen LogP contribution in [0, 0.1) is 11.3 Å². The fourth-order valence-electron chi connectivity index (χ4n) is 2.25. The summed E-state index contributed by atoms with van der Waals surface area (Å²) in [6, 6.07) is 17.5. The molecule has 22 heavy (non-hydrogen) atoms. The van der Waals surface area contributed by atoms with Gasteiger partial charge in [0.25, 0.3) is 0 Å². The van der Waals surface area contributed by atoms with E-state index in [2.05, 4.69) is 16.4 Å². The van der Waals surface area contributed by atoms with Crippen molar-refractivity contribution in [2.75, 3.05) is 11.6 Å². The van der Waals surface area contributed by atoms with E-state index in [4.69, 9.17) is 11.6 Å². The van der Waals surface area contributed by atoms with Gasteiger partial charge in [-0.05, 0) is 36.6 Å². The van der Waals surface area contributed by atoms with E-state index in [-0.39, 0.29) is 0 Å². The van der Waals surface area contributed by atoms with Gasteiger partial charge in [-0.15, -0.1) is 11.8 Å². The van der Waals surface area contributed by atoms with Gasteiger partial charge in [-0.2, -0.15) is 5.26 Å². The minimum absolute atomic E-state index is 0.557. The number of hydrogen-bond acceptors (Lipinski definition) is 4. The summed E-state index contributed by atoms with van der Waals surface area (Å²) < 4.78 is 0. The van der Waals surface area contributed by atoms with E-state index in [0.717, 1.165) is 27.3 Å². The Kier molecular flexibility index (Phi) is 4.19. The Morgan fingerprint density at radius 3 is 2.55 bits per heavy atom. The average molecular weight is 326 g/mol. The molecule has 0 unspecified atom stereocenters. The largest absolute Gasteiger partial charge is 0.354 e. The van der Waals surface area contributed by atoms with Crippen molar-refractivity contribution in [3.8, 4) is 6.07 Å². The predicted octanol–water partition coefficient (Wildman–Crippen LogP) is 5.23. The number of thioether (sulfide) groups is 1. The zero-order chi connectivity index (χ0) is 15.5. The van der Waals surface area contributed by atoms with Crippen molar-refractivity contribution in [2.45, 2.75) is 5.03 Å². The van der Waals surface area contributed by atoms with E-state index >= 15 is 0 Å². The fraction of sp³-hybridized carbons (Fsp3) is 0.0588. The molecule has 1 N–H and O–H groups in total. The van der Waals surface area contributed by atoms with Crippen molar-refractivity contribution in [1.82, 2.24) is 4.98 Å². The molecular formula is C17H12ClN3S. The number of para-hydroxylation sites is 1. The van der Waals surface area contributed by atoms with Gasteiger partial charge in [0.1, 0.15) is 16.7 Å². The molecule has 0 bridgehead atoms. The van der Waals surface area contributed by atoms with Gasteiger partial charge in [0.05, 0.1) is 11.2 Å². The van der Waals surface area contributed by atoms with Crippen LogP contribution < -0.4 is 5.32 Å². The molecule has 0 aliphatic carbocycles. The molecular weight excluding hydrogens is 314 g/mol. The average Bonchev–Trinajstić information content (AvgIpc) is 2.56. The highest BCUT2D eigenvalue weighted by Gasteiger charge is 2.14. The maximum Gasteiger partial charge on any atom is 0.116 e. The molecule has 0 aliphatic heterocycles. The molecule has 0 spiro atoms. The molecule has 0 saturated carbocycles. The van der Waals surface area contributed by atoms with E-state index in [1.807, 2.05) is 54.8 Å². The van der Waals surface area contributed by atoms with Crippen LogP contribution in [0.1, 0.15) is 5.56 Å². The lowest BCUT2D eigenvalue weighted by Crippen LogP contribution is -1.99. The number of halogens is 1. The van der Waals surface area contributed by atoms with Crippen molar-refractivity contribution in [2.24, 2.45) is 0 Å². The van der Waals surface area contributed by atoms with E-state index < -0.39 is 0 Å². The number of rotatable bonds is 3.